The quantitative estimate of drug-likeness (QED) is 0.172. The van der Waals surface area contributed by atoms with E-state index >= 15 is 0 Å². The topological polar surface area (TPSA) is 98.7 Å². The number of alkyl halides is 3. The first-order valence-electron chi connectivity index (χ1n) is 14.4. The lowest BCUT2D eigenvalue weighted by Crippen LogP contribution is -2.48. The standard InChI is InChI=1S/C35H34F3N3O4S/c1-3-12-29-30(19-11-20-32(29)41(46(2,44)45)28-17-8-5-9-18-28)34(43)40-31(22-25-13-6-4-7-14-25)33(42)24-39-23-26-15-10-16-27(21-26)35(36,37)38/h4-11,13-21,31,33,39,42H,22-24H2,1-2H3,(H,40,43)/t31-,33+/m0/s1. The number of hydrogen-bond donors (Lipinski definition) is 3. The van der Waals surface area contributed by atoms with Crippen LogP contribution in [-0.4, -0.2) is 44.4 Å². The summed E-state index contributed by atoms with van der Waals surface area (Å²) in [6.45, 7) is 1.60. The van der Waals surface area contributed by atoms with E-state index in [1.54, 1.807) is 55.5 Å². The van der Waals surface area contributed by atoms with Crippen LogP contribution in [0.4, 0.5) is 24.5 Å². The number of halogens is 3. The Bertz CT molecular complexity index is 1810. The monoisotopic (exact) mass is 649 g/mol. The lowest BCUT2D eigenvalue weighted by atomic mass is 9.99. The Morgan fingerprint density at radius 3 is 2.17 bits per heavy atom. The van der Waals surface area contributed by atoms with Crippen LogP contribution in [0, 0.1) is 11.8 Å². The number of nitrogens with zero attached hydrogens (tertiary/aromatic N) is 1. The van der Waals surface area contributed by atoms with Gasteiger partial charge in [0.2, 0.25) is 10.0 Å². The number of benzene rings is 4. The average Bonchev–Trinajstić information content (AvgIpc) is 3.01. The van der Waals surface area contributed by atoms with Crippen LogP contribution >= 0.6 is 0 Å². The van der Waals surface area contributed by atoms with E-state index in [0.717, 1.165) is 28.3 Å². The molecule has 0 aromatic heterocycles. The molecule has 3 N–H and O–H groups in total. The Morgan fingerprint density at radius 1 is 0.913 bits per heavy atom. The Morgan fingerprint density at radius 2 is 1.54 bits per heavy atom. The van der Waals surface area contributed by atoms with Gasteiger partial charge in [0.15, 0.2) is 0 Å². The average molecular weight is 650 g/mol. The molecule has 240 valence electrons. The van der Waals surface area contributed by atoms with Crippen LogP contribution in [0.25, 0.3) is 0 Å². The SMILES string of the molecule is CC#Cc1c(C(=O)N[C@@H](Cc2ccccc2)[C@H](O)CNCc2cccc(C(F)(F)F)c2)cccc1N(c1ccccc1)S(C)(=O)=O. The highest BCUT2D eigenvalue weighted by Crippen LogP contribution is 2.33. The summed E-state index contributed by atoms with van der Waals surface area (Å²) in [5.74, 6) is 5.08. The fourth-order valence-corrected chi connectivity index (χ4v) is 6.00. The lowest BCUT2D eigenvalue weighted by molar-refractivity contribution is -0.137. The molecule has 2 atom stereocenters. The number of aliphatic hydroxyl groups is 1. The van der Waals surface area contributed by atoms with E-state index in [9.17, 15) is 31.5 Å². The summed E-state index contributed by atoms with van der Waals surface area (Å²) in [6.07, 6.45) is -4.31. The summed E-state index contributed by atoms with van der Waals surface area (Å²) in [5, 5.41) is 17.1. The molecule has 0 aliphatic heterocycles. The predicted molar refractivity (Wildman–Crippen MR) is 173 cm³/mol. The highest BCUT2D eigenvalue weighted by molar-refractivity contribution is 7.92. The van der Waals surface area contributed by atoms with Crippen LogP contribution in [0.3, 0.4) is 0 Å². The second-order valence-corrected chi connectivity index (χ2v) is 12.4. The zero-order valence-corrected chi connectivity index (χ0v) is 26.1. The first-order chi connectivity index (χ1) is 21.9. The van der Waals surface area contributed by atoms with Crippen LogP contribution in [0.1, 0.15) is 39.5 Å². The summed E-state index contributed by atoms with van der Waals surface area (Å²) in [5.41, 5.74) is 1.31. The summed E-state index contributed by atoms with van der Waals surface area (Å²) >= 11 is 0. The first-order valence-corrected chi connectivity index (χ1v) is 16.2. The van der Waals surface area contributed by atoms with Crippen molar-refractivity contribution in [1.82, 2.24) is 10.6 Å². The molecule has 0 saturated heterocycles. The van der Waals surface area contributed by atoms with Gasteiger partial charge in [0, 0.05) is 13.1 Å². The number of nitrogens with one attached hydrogen (secondary N) is 2. The zero-order chi connectivity index (χ0) is 33.3. The van der Waals surface area contributed by atoms with Gasteiger partial charge in [-0.15, -0.1) is 5.92 Å². The number of carbonyl (C=O) groups excluding carboxylic acids is 1. The van der Waals surface area contributed by atoms with Crippen molar-refractivity contribution in [2.75, 3.05) is 17.1 Å². The summed E-state index contributed by atoms with van der Waals surface area (Å²) in [6, 6.07) is 26.4. The number of anilines is 2. The van der Waals surface area contributed by atoms with Gasteiger partial charge in [-0.2, -0.15) is 13.2 Å². The number of carbonyl (C=O) groups is 1. The van der Waals surface area contributed by atoms with E-state index in [-0.39, 0.29) is 36.3 Å². The van der Waals surface area contributed by atoms with E-state index < -0.39 is 39.8 Å². The molecule has 0 aliphatic rings. The molecular weight excluding hydrogens is 615 g/mol. The minimum atomic E-state index is -4.47. The second-order valence-electron chi connectivity index (χ2n) is 10.6. The molecular formula is C35H34F3N3O4S. The van der Waals surface area contributed by atoms with E-state index in [4.69, 9.17) is 0 Å². The molecule has 0 unspecified atom stereocenters. The minimum absolute atomic E-state index is 0.0362. The van der Waals surface area contributed by atoms with E-state index in [0.29, 0.717) is 11.3 Å². The van der Waals surface area contributed by atoms with Gasteiger partial charge < -0.3 is 15.7 Å². The molecule has 0 radical (unpaired) electrons. The van der Waals surface area contributed by atoms with Crippen molar-refractivity contribution >= 4 is 27.3 Å². The van der Waals surface area contributed by atoms with E-state index in [2.05, 4.69) is 22.5 Å². The molecule has 0 fully saturated rings. The molecule has 4 aromatic rings. The van der Waals surface area contributed by atoms with Crippen molar-refractivity contribution in [1.29, 1.82) is 0 Å². The maximum Gasteiger partial charge on any atom is 0.416 e. The van der Waals surface area contributed by atoms with Gasteiger partial charge in [0.05, 0.1) is 46.5 Å². The normalized spacial score (nSPS) is 12.8. The molecule has 1 amide bonds. The van der Waals surface area contributed by atoms with Gasteiger partial charge in [-0.25, -0.2) is 12.7 Å². The van der Waals surface area contributed by atoms with E-state index in [1.807, 2.05) is 30.3 Å². The number of aliphatic hydroxyl groups excluding tert-OH is 1. The summed E-state index contributed by atoms with van der Waals surface area (Å²) < 4.78 is 66.5. The van der Waals surface area contributed by atoms with Gasteiger partial charge in [0.25, 0.3) is 5.91 Å². The molecule has 7 nitrogen and oxygen atoms in total. The molecule has 0 aliphatic carbocycles. The molecule has 4 aromatic carbocycles. The van der Waals surface area contributed by atoms with Crippen LogP contribution in [0.2, 0.25) is 0 Å². The molecule has 4 rings (SSSR count). The molecule has 11 heteroatoms. The Kier molecular flexibility index (Phi) is 11.2. The van der Waals surface area contributed by atoms with Gasteiger partial charge in [-0.05, 0) is 54.8 Å². The molecule has 0 bridgehead atoms. The van der Waals surface area contributed by atoms with E-state index in [1.165, 1.54) is 12.1 Å². The number of sulfonamides is 1. The molecule has 0 heterocycles. The van der Waals surface area contributed by atoms with Gasteiger partial charge in [-0.3, -0.25) is 4.79 Å². The third kappa shape index (κ3) is 8.97. The molecule has 0 saturated carbocycles. The minimum Gasteiger partial charge on any atom is -0.390 e. The maximum absolute atomic E-state index is 13.8. The Hall–Kier alpha value is -4.63. The van der Waals surface area contributed by atoms with Gasteiger partial charge in [-0.1, -0.05) is 78.7 Å². The zero-order valence-electron chi connectivity index (χ0n) is 25.3. The number of para-hydroxylation sites is 1. The highest BCUT2D eigenvalue weighted by Gasteiger charge is 2.31. The second kappa shape index (κ2) is 15.1. The highest BCUT2D eigenvalue weighted by atomic mass is 32.2. The summed E-state index contributed by atoms with van der Waals surface area (Å²) in [7, 11) is -3.85. The molecule has 46 heavy (non-hydrogen) atoms. The lowest BCUT2D eigenvalue weighted by Gasteiger charge is -2.27. The van der Waals surface area contributed by atoms with Crippen LogP contribution < -0.4 is 14.9 Å². The van der Waals surface area contributed by atoms with Crippen LogP contribution in [-0.2, 0) is 29.2 Å². The van der Waals surface area contributed by atoms with Crippen LogP contribution in [0.5, 0.6) is 0 Å². The Labute approximate surface area is 267 Å². The third-order valence-electron chi connectivity index (χ3n) is 7.09. The van der Waals surface area contributed by atoms with Crippen molar-refractivity contribution in [2.24, 2.45) is 0 Å². The number of hydrogen-bond acceptors (Lipinski definition) is 5. The molecule has 0 spiro atoms. The number of amides is 1. The maximum atomic E-state index is 13.8. The fourth-order valence-electron chi connectivity index (χ4n) is 4.99. The fraction of sp³-hybridized carbons (Fsp3) is 0.229. The van der Waals surface area contributed by atoms with Crippen molar-refractivity contribution in [3.05, 3.63) is 131 Å². The smallest absolute Gasteiger partial charge is 0.390 e. The van der Waals surface area contributed by atoms with Crippen molar-refractivity contribution in [3.63, 3.8) is 0 Å². The predicted octanol–water partition coefficient (Wildman–Crippen LogP) is 5.67. The van der Waals surface area contributed by atoms with Crippen LogP contribution in [0.15, 0.2) is 103 Å². The van der Waals surface area contributed by atoms with Crippen molar-refractivity contribution in [2.45, 2.75) is 38.2 Å². The summed E-state index contributed by atoms with van der Waals surface area (Å²) in [4.78, 5) is 13.8. The van der Waals surface area contributed by atoms with Crippen molar-refractivity contribution in [3.8, 4) is 11.8 Å². The van der Waals surface area contributed by atoms with Gasteiger partial charge >= 0.3 is 6.18 Å². The van der Waals surface area contributed by atoms with Crippen molar-refractivity contribution < 1.29 is 31.5 Å². The Balaban J connectivity index is 1.61. The first kappa shape index (κ1) is 34.2. The largest absolute Gasteiger partial charge is 0.416 e. The number of rotatable bonds is 12. The third-order valence-corrected chi connectivity index (χ3v) is 8.17. The van der Waals surface area contributed by atoms with Gasteiger partial charge in [0.1, 0.15) is 0 Å².